The number of anilines is 1. The standard InChI is InChI=1S/C13H19NO2/c1-9(2)16-13(15)14(5)12-7-10(3)6-11(4)8-12/h6-9H,1-5H3. The quantitative estimate of drug-likeness (QED) is 0.767. The van der Waals surface area contributed by atoms with Crippen LogP contribution in [0.25, 0.3) is 0 Å². The summed E-state index contributed by atoms with van der Waals surface area (Å²) in [6, 6.07) is 6.01. The minimum Gasteiger partial charge on any atom is -0.446 e. The van der Waals surface area contributed by atoms with E-state index < -0.39 is 0 Å². The van der Waals surface area contributed by atoms with Crippen LogP contribution in [0.2, 0.25) is 0 Å². The van der Waals surface area contributed by atoms with Crippen molar-refractivity contribution < 1.29 is 9.53 Å². The van der Waals surface area contributed by atoms with E-state index in [9.17, 15) is 4.79 Å². The molecule has 3 heteroatoms. The van der Waals surface area contributed by atoms with Crippen LogP contribution in [-0.2, 0) is 4.74 Å². The zero-order chi connectivity index (χ0) is 12.3. The summed E-state index contributed by atoms with van der Waals surface area (Å²) in [7, 11) is 1.72. The van der Waals surface area contributed by atoms with E-state index in [1.165, 1.54) is 4.90 Å². The van der Waals surface area contributed by atoms with E-state index in [0.717, 1.165) is 16.8 Å². The average Bonchev–Trinajstić information content (AvgIpc) is 2.13. The van der Waals surface area contributed by atoms with Crippen molar-refractivity contribution in [1.29, 1.82) is 0 Å². The van der Waals surface area contributed by atoms with Crippen LogP contribution in [0.3, 0.4) is 0 Å². The SMILES string of the molecule is Cc1cc(C)cc(N(C)C(=O)OC(C)C)c1. The van der Waals surface area contributed by atoms with Crippen molar-refractivity contribution in [2.45, 2.75) is 33.8 Å². The molecule has 1 aromatic rings. The third kappa shape index (κ3) is 3.26. The lowest BCUT2D eigenvalue weighted by Crippen LogP contribution is -2.29. The molecule has 16 heavy (non-hydrogen) atoms. The van der Waals surface area contributed by atoms with E-state index in [-0.39, 0.29) is 12.2 Å². The Bertz CT molecular complexity index is 365. The monoisotopic (exact) mass is 221 g/mol. The van der Waals surface area contributed by atoms with Gasteiger partial charge in [0.2, 0.25) is 0 Å². The number of rotatable bonds is 2. The summed E-state index contributed by atoms with van der Waals surface area (Å²) in [4.78, 5) is 13.2. The second-order valence-corrected chi connectivity index (χ2v) is 4.34. The summed E-state index contributed by atoms with van der Waals surface area (Å²) < 4.78 is 5.13. The van der Waals surface area contributed by atoms with E-state index >= 15 is 0 Å². The first-order valence-electron chi connectivity index (χ1n) is 5.43. The molecule has 0 N–H and O–H groups in total. The number of carbonyl (C=O) groups is 1. The van der Waals surface area contributed by atoms with E-state index in [0.29, 0.717) is 0 Å². The zero-order valence-corrected chi connectivity index (χ0v) is 10.6. The van der Waals surface area contributed by atoms with Crippen LogP contribution in [0.1, 0.15) is 25.0 Å². The first-order valence-corrected chi connectivity index (χ1v) is 5.43. The summed E-state index contributed by atoms with van der Waals surface area (Å²) in [6.45, 7) is 7.71. The molecule has 0 aliphatic carbocycles. The second kappa shape index (κ2) is 5.01. The number of nitrogens with zero attached hydrogens (tertiary/aromatic N) is 1. The topological polar surface area (TPSA) is 29.5 Å². The van der Waals surface area contributed by atoms with Gasteiger partial charge >= 0.3 is 6.09 Å². The molecular formula is C13H19NO2. The van der Waals surface area contributed by atoms with Crippen molar-refractivity contribution in [3.05, 3.63) is 29.3 Å². The molecular weight excluding hydrogens is 202 g/mol. The fourth-order valence-electron chi connectivity index (χ4n) is 1.53. The maximum absolute atomic E-state index is 11.7. The molecule has 0 saturated heterocycles. The molecule has 0 saturated carbocycles. The molecule has 0 heterocycles. The molecule has 0 unspecified atom stereocenters. The van der Waals surface area contributed by atoms with Gasteiger partial charge in [0.05, 0.1) is 6.10 Å². The fourth-order valence-corrected chi connectivity index (χ4v) is 1.53. The van der Waals surface area contributed by atoms with Crippen LogP contribution in [0.15, 0.2) is 18.2 Å². The Labute approximate surface area is 97.0 Å². The lowest BCUT2D eigenvalue weighted by molar-refractivity contribution is 0.124. The summed E-state index contributed by atoms with van der Waals surface area (Å²) >= 11 is 0. The van der Waals surface area contributed by atoms with E-state index in [1.807, 2.05) is 39.8 Å². The summed E-state index contributed by atoms with van der Waals surface area (Å²) in [6.07, 6.45) is -0.416. The van der Waals surface area contributed by atoms with Crippen LogP contribution in [-0.4, -0.2) is 19.2 Å². The average molecular weight is 221 g/mol. The number of benzene rings is 1. The van der Waals surface area contributed by atoms with Gasteiger partial charge in [-0.05, 0) is 51.0 Å². The van der Waals surface area contributed by atoms with Gasteiger partial charge in [-0.15, -0.1) is 0 Å². The molecule has 0 spiro atoms. The van der Waals surface area contributed by atoms with Crippen molar-refractivity contribution in [3.63, 3.8) is 0 Å². The molecule has 0 bridgehead atoms. The van der Waals surface area contributed by atoms with Crippen molar-refractivity contribution in [2.75, 3.05) is 11.9 Å². The van der Waals surface area contributed by atoms with Gasteiger partial charge in [-0.3, -0.25) is 4.90 Å². The third-order valence-electron chi connectivity index (χ3n) is 2.20. The highest BCUT2D eigenvalue weighted by atomic mass is 16.6. The third-order valence-corrected chi connectivity index (χ3v) is 2.20. The van der Waals surface area contributed by atoms with Gasteiger partial charge in [-0.25, -0.2) is 4.79 Å². The largest absolute Gasteiger partial charge is 0.446 e. The summed E-state index contributed by atoms with van der Waals surface area (Å²) in [5, 5.41) is 0. The number of hydrogen-bond donors (Lipinski definition) is 0. The number of ether oxygens (including phenoxy) is 1. The van der Waals surface area contributed by atoms with Gasteiger partial charge in [0.15, 0.2) is 0 Å². The molecule has 0 fully saturated rings. The maximum Gasteiger partial charge on any atom is 0.414 e. The Morgan fingerprint density at radius 2 is 1.69 bits per heavy atom. The zero-order valence-electron chi connectivity index (χ0n) is 10.6. The van der Waals surface area contributed by atoms with Crippen molar-refractivity contribution >= 4 is 11.8 Å². The van der Waals surface area contributed by atoms with Crippen molar-refractivity contribution in [1.82, 2.24) is 0 Å². The lowest BCUT2D eigenvalue weighted by Gasteiger charge is -2.19. The molecule has 1 amide bonds. The normalized spacial score (nSPS) is 10.4. The maximum atomic E-state index is 11.7. The van der Waals surface area contributed by atoms with E-state index in [1.54, 1.807) is 7.05 Å². The Balaban J connectivity index is 2.87. The van der Waals surface area contributed by atoms with Crippen molar-refractivity contribution in [2.24, 2.45) is 0 Å². The first kappa shape index (κ1) is 12.6. The van der Waals surface area contributed by atoms with E-state index in [2.05, 4.69) is 6.07 Å². The number of hydrogen-bond acceptors (Lipinski definition) is 2. The second-order valence-electron chi connectivity index (χ2n) is 4.34. The number of carbonyl (C=O) groups excluding carboxylic acids is 1. The minimum absolute atomic E-state index is 0.0964. The van der Waals surface area contributed by atoms with E-state index in [4.69, 9.17) is 4.74 Å². The predicted molar refractivity (Wildman–Crippen MR) is 65.9 cm³/mol. The molecule has 0 aromatic heterocycles. The Morgan fingerprint density at radius 3 is 2.12 bits per heavy atom. The Kier molecular flexibility index (Phi) is 3.93. The summed E-state index contributed by atoms with van der Waals surface area (Å²) in [5.41, 5.74) is 3.14. The smallest absolute Gasteiger partial charge is 0.414 e. The van der Waals surface area contributed by atoms with Crippen LogP contribution < -0.4 is 4.90 Å². The van der Waals surface area contributed by atoms with Gasteiger partial charge in [-0.2, -0.15) is 0 Å². The number of amides is 1. The number of aryl methyl sites for hydroxylation is 2. The fraction of sp³-hybridized carbons (Fsp3) is 0.462. The minimum atomic E-state index is -0.319. The van der Waals surface area contributed by atoms with Crippen LogP contribution >= 0.6 is 0 Å². The summed E-state index contributed by atoms with van der Waals surface area (Å²) in [5.74, 6) is 0. The molecule has 0 atom stereocenters. The van der Waals surface area contributed by atoms with Gasteiger partial charge in [-0.1, -0.05) is 6.07 Å². The van der Waals surface area contributed by atoms with Crippen LogP contribution in [0.5, 0.6) is 0 Å². The van der Waals surface area contributed by atoms with Gasteiger partial charge in [0.25, 0.3) is 0 Å². The first-order chi connectivity index (χ1) is 7.40. The highest BCUT2D eigenvalue weighted by Gasteiger charge is 2.13. The lowest BCUT2D eigenvalue weighted by atomic mass is 10.1. The molecule has 0 aliphatic heterocycles. The molecule has 0 aliphatic rings. The van der Waals surface area contributed by atoms with Gasteiger partial charge in [0, 0.05) is 12.7 Å². The van der Waals surface area contributed by atoms with Crippen LogP contribution in [0, 0.1) is 13.8 Å². The molecule has 88 valence electrons. The highest BCUT2D eigenvalue weighted by Crippen LogP contribution is 2.18. The molecule has 3 nitrogen and oxygen atoms in total. The molecule has 1 rings (SSSR count). The van der Waals surface area contributed by atoms with Gasteiger partial charge < -0.3 is 4.74 Å². The van der Waals surface area contributed by atoms with Crippen molar-refractivity contribution in [3.8, 4) is 0 Å². The molecule has 0 radical (unpaired) electrons. The predicted octanol–water partition coefficient (Wildman–Crippen LogP) is 3.28. The van der Waals surface area contributed by atoms with Gasteiger partial charge in [0.1, 0.15) is 0 Å². The Morgan fingerprint density at radius 1 is 1.19 bits per heavy atom. The highest BCUT2D eigenvalue weighted by molar-refractivity contribution is 5.87. The Hall–Kier alpha value is -1.51. The van der Waals surface area contributed by atoms with Crippen LogP contribution in [0.4, 0.5) is 10.5 Å². The molecule has 1 aromatic carbocycles.